The van der Waals surface area contributed by atoms with E-state index < -0.39 is 10.0 Å². The molecule has 150 valence electrons. The predicted octanol–water partition coefficient (Wildman–Crippen LogP) is 3.35. The molecule has 0 radical (unpaired) electrons. The van der Waals surface area contributed by atoms with Crippen LogP contribution in [0.2, 0.25) is 0 Å². The van der Waals surface area contributed by atoms with Gasteiger partial charge < -0.3 is 14.4 Å². The van der Waals surface area contributed by atoms with Crippen LogP contribution in [0.3, 0.4) is 0 Å². The summed E-state index contributed by atoms with van der Waals surface area (Å²) in [7, 11) is -0.861. The van der Waals surface area contributed by atoms with Gasteiger partial charge >= 0.3 is 0 Å². The normalized spacial score (nSPS) is 16.3. The Balaban J connectivity index is 1.95. The highest BCUT2D eigenvalue weighted by atomic mass is 32.2. The molecule has 1 atom stereocenters. The molecule has 2 aromatic rings. The third kappa shape index (κ3) is 4.05. The number of sulfonamides is 1. The minimum absolute atomic E-state index is 0.0647. The number of methoxy groups -OCH3 is 2. The van der Waals surface area contributed by atoms with Gasteiger partial charge in [-0.05, 0) is 30.3 Å². The van der Waals surface area contributed by atoms with Gasteiger partial charge in [0.2, 0.25) is 5.91 Å². The molecule has 0 spiro atoms. The molecule has 9 heteroatoms. The van der Waals surface area contributed by atoms with E-state index in [2.05, 4.69) is 4.72 Å². The molecule has 0 aliphatic carbocycles. The van der Waals surface area contributed by atoms with Crippen LogP contribution in [0.25, 0.3) is 0 Å². The minimum Gasteiger partial charge on any atom is -0.497 e. The summed E-state index contributed by atoms with van der Waals surface area (Å²) in [5.74, 6) is 0.847. The number of thioether (sulfide) groups is 1. The summed E-state index contributed by atoms with van der Waals surface area (Å²) in [4.78, 5) is 14.5. The average Bonchev–Trinajstić information content (AvgIpc) is 2.66. The number of hydrogen-bond acceptors (Lipinski definition) is 6. The van der Waals surface area contributed by atoms with Crippen molar-refractivity contribution < 1.29 is 22.7 Å². The summed E-state index contributed by atoms with van der Waals surface area (Å²) >= 11 is 1.55. The maximum Gasteiger partial charge on any atom is 0.262 e. The number of carbonyl (C=O) groups is 1. The number of nitrogens with one attached hydrogen (secondary N) is 1. The van der Waals surface area contributed by atoms with Gasteiger partial charge in [-0.3, -0.25) is 9.52 Å². The maximum atomic E-state index is 12.9. The van der Waals surface area contributed by atoms with Crippen LogP contribution in [-0.4, -0.2) is 40.3 Å². The molecule has 28 heavy (non-hydrogen) atoms. The fourth-order valence-corrected chi connectivity index (χ4v) is 5.30. The third-order valence-electron chi connectivity index (χ3n) is 4.33. The second-order valence-corrected chi connectivity index (χ2v) is 9.52. The standard InChI is InChI=1S/C19H22N2O5S2/c1-12-11-21(13(2)22)17-8-6-15(10-19(17)27-12)28(23,24)20-16-7-5-14(25-3)9-18(16)26-4/h5-10,12,20H,11H2,1-4H3. The van der Waals surface area contributed by atoms with Crippen molar-refractivity contribution in [1.29, 1.82) is 0 Å². The molecule has 0 aromatic heterocycles. The van der Waals surface area contributed by atoms with Crippen LogP contribution in [0.15, 0.2) is 46.2 Å². The molecule has 1 aliphatic heterocycles. The quantitative estimate of drug-likeness (QED) is 0.795. The molecule has 2 aromatic carbocycles. The fourth-order valence-electron chi connectivity index (χ4n) is 2.97. The Morgan fingerprint density at radius 1 is 1.18 bits per heavy atom. The lowest BCUT2D eigenvalue weighted by atomic mass is 10.2. The Labute approximate surface area is 169 Å². The SMILES string of the molecule is COc1ccc(NS(=O)(=O)c2ccc3c(c2)SC(C)CN3C(C)=O)c(OC)c1. The summed E-state index contributed by atoms with van der Waals surface area (Å²) in [5, 5.41) is 0.170. The summed E-state index contributed by atoms with van der Waals surface area (Å²) in [6.07, 6.45) is 0. The molecular formula is C19H22N2O5S2. The highest BCUT2D eigenvalue weighted by Crippen LogP contribution is 2.40. The molecule has 3 rings (SSSR count). The van der Waals surface area contributed by atoms with Crippen LogP contribution >= 0.6 is 11.8 Å². The van der Waals surface area contributed by atoms with Gasteiger partial charge in [-0.1, -0.05) is 6.92 Å². The smallest absolute Gasteiger partial charge is 0.262 e. The Hall–Kier alpha value is -2.39. The molecule has 0 saturated carbocycles. The summed E-state index contributed by atoms with van der Waals surface area (Å²) in [6, 6.07) is 9.62. The Kier molecular flexibility index (Phi) is 5.76. The fraction of sp³-hybridized carbons (Fsp3) is 0.316. The van der Waals surface area contributed by atoms with E-state index in [-0.39, 0.29) is 16.1 Å². The molecule has 0 bridgehead atoms. The zero-order valence-electron chi connectivity index (χ0n) is 16.1. The van der Waals surface area contributed by atoms with Crippen LogP contribution in [0.1, 0.15) is 13.8 Å². The van der Waals surface area contributed by atoms with Crippen molar-refractivity contribution >= 4 is 39.1 Å². The van der Waals surface area contributed by atoms with Crippen LogP contribution in [0.4, 0.5) is 11.4 Å². The van der Waals surface area contributed by atoms with E-state index in [1.807, 2.05) is 6.92 Å². The van der Waals surface area contributed by atoms with E-state index in [1.165, 1.54) is 27.2 Å². The zero-order chi connectivity index (χ0) is 20.5. The van der Waals surface area contributed by atoms with Gasteiger partial charge in [-0.2, -0.15) is 0 Å². The van der Waals surface area contributed by atoms with Crippen molar-refractivity contribution in [3.05, 3.63) is 36.4 Å². The van der Waals surface area contributed by atoms with Crippen LogP contribution in [-0.2, 0) is 14.8 Å². The minimum atomic E-state index is -3.84. The van der Waals surface area contributed by atoms with Crippen LogP contribution < -0.4 is 19.1 Å². The van der Waals surface area contributed by atoms with E-state index in [9.17, 15) is 13.2 Å². The van der Waals surface area contributed by atoms with Crippen LogP contribution in [0.5, 0.6) is 11.5 Å². The van der Waals surface area contributed by atoms with Crippen LogP contribution in [0, 0.1) is 0 Å². The second kappa shape index (κ2) is 7.92. The first kappa shape index (κ1) is 20.3. The number of amides is 1. The first-order valence-corrected chi connectivity index (χ1v) is 10.9. The molecular weight excluding hydrogens is 400 g/mol. The van der Waals surface area contributed by atoms with Crippen molar-refractivity contribution in [1.82, 2.24) is 0 Å². The van der Waals surface area contributed by atoms with Crippen molar-refractivity contribution in [2.45, 2.75) is 28.9 Å². The molecule has 7 nitrogen and oxygen atoms in total. The van der Waals surface area contributed by atoms with Gasteiger partial charge in [0.05, 0.1) is 30.5 Å². The number of ether oxygens (including phenoxy) is 2. The van der Waals surface area contributed by atoms with E-state index in [0.717, 1.165) is 10.6 Å². The number of rotatable bonds is 5. The van der Waals surface area contributed by atoms with Gasteiger partial charge in [0, 0.05) is 29.7 Å². The molecule has 1 aliphatic rings. The highest BCUT2D eigenvalue weighted by molar-refractivity contribution is 8.00. The van der Waals surface area contributed by atoms with E-state index in [1.54, 1.807) is 47.0 Å². The van der Waals surface area contributed by atoms with E-state index in [0.29, 0.717) is 23.7 Å². The second-order valence-electron chi connectivity index (χ2n) is 6.36. The lowest BCUT2D eigenvalue weighted by Gasteiger charge is -2.32. The summed E-state index contributed by atoms with van der Waals surface area (Å²) in [6.45, 7) is 4.11. The van der Waals surface area contributed by atoms with Crippen molar-refractivity contribution in [2.24, 2.45) is 0 Å². The number of benzene rings is 2. The first-order chi connectivity index (χ1) is 13.2. The van der Waals surface area contributed by atoms with Crippen molar-refractivity contribution in [3.8, 4) is 11.5 Å². The maximum absolute atomic E-state index is 12.9. The summed E-state index contributed by atoms with van der Waals surface area (Å²) < 4.78 is 38.8. The van der Waals surface area contributed by atoms with E-state index >= 15 is 0 Å². The van der Waals surface area contributed by atoms with Gasteiger partial charge in [0.1, 0.15) is 11.5 Å². The van der Waals surface area contributed by atoms with Gasteiger partial charge in [-0.25, -0.2) is 8.42 Å². The topological polar surface area (TPSA) is 84.9 Å². The molecule has 0 saturated heterocycles. The zero-order valence-corrected chi connectivity index (χ0v) is 17.7. The molecule has 1 unspecified atom stereocenters. The predicted molar refractivity (Wildman–Crippen MR) is 110 cm³/mol. The lowest BCUT2D eigenvalue weighted by molar-refractivity contribution is -0.116. The number of carbonyl (C=O) groups excluding carboxylic acids is 1. The highest BCUT2D eigenvalue weighted by Gasteiger charge is 2.27. The van der Waals surface area contributed by atoms with E-state index in [4.69, 9.17) is 9.47 Å². The number of nitrogens with zero attached hydrogens (tertiary/aromatic N) is 1. The third-order valence-corrected chi connectivity index (χ3v) is 6.83. The first-order valence-electron chi connectivity index (χ1n) is 8.59. The number of fused-ring (bicyclic) bond motifs is 1. The Morgan fingerprint density at radius 2 is 1.93 bits per heavy atom. The molecule has 1 amide bonds. The Morgan fingerprint density at radius 3 is 2.57 bits per heavy atom. The summed E-state index contributed by atoms with van der Waals surface area (Å²) in [5.41, 5.74) is 1.05. The average molecular weight is 423 g/mol. The molecule has 1 N–H and O–H groups in total. The van der Waals surface area contributed by atoms with Crippen molar-refractivity contribution in [2.75, 3.05) is 30.4 Å². The van der Waals surface area contributed by atoms with Gasteiger partial charge in [0.25, 0.3) is 10.0 Å². The monoisotopic (exact) mass is 422 g/mol. The number of hydrogen-bond donors (Lipinski definition) is 1. The number of anilines is 2. The van der Waals surface area contributed by atoms with Gasteiger partial charge in [-0.15, -0.1) is 11.8 Å². The lowest BCUT2D eigenvalue weighted by Crippen LogP contribution is -2.37. The Bertz CT molecular complexity index is 1010. The van der Waals surface area contributed by atoms with Gasteiger partial charge in [0.15, 0.2) is 0 Å². The largest absolute Gasteiger partial charge is 0.497 e. The molecule has 0 fully saturated rings. The van der Waals surface area contributed by atoms with Crippen molar-refractivity contribution in [3.63, 3.8) is 0 Å². The molecule has 1 heterocycles.